The predicted octanol–water partition coefficient (Wildman–Crippen LogP) is 2.46. The van der Waals surface area contributed by atoms with Gasteiger partial charge in [0.05, 0.1) is 5.69 Å². The van der Waals surface area contributed by atoms with E-state index < -0.39 is 0 Å². The number of nitrogens with zero attached hydrogens (tertiary/aromatic N) is 2. The number of aryl methyl sites for hydroxylation is 2. The highest BCUT2D eigenvalue weighted by molar-refractivity contribution is 5.35. The maximum atomic E-state index is 6.06. The van der Waals surface area contributed by atoms with Crippen molar-refractivity contribution in [3.8, 4) is 5.88 Å². The quantitative estimate of drug-likeness (QED) is 0.764. The smallest absolute Gasteiger partial charge is 0.220 e. The summed E-state index contributed by atoms with van der Waals surface area (Å²) in [6.07, 6.45) is 6.54. The normalized spacial score (nSPS) is 20.4. The first-order chi connectivity index (χ1) is 7.76. The molecule has 0 amide bonds. The number of aromatic nitrogens is 2. The van der Waals surface area contributed by atoms with Gasteiger partial charge in [-0.2, -0.15) is 4.98 Å². The molecule has 0 unspecified atom stereocenters. The van der Waals surface area contributed by atoms with E-state index in [0.29, 0.717) is 0 Å². The van der Waals surface area contributed by atoms with E-state index in [0.717, 1.165) is 37.4 Å². The molecular formula is C13H18N2O. The zero-order chi connectivity index (χ0) is 11.2. The molecule has 0 atom stereocenters. The van der Waals surface area contributed by atoms with Gasteiger partial charge >= 0.3 is 0 Å². The lowest BCUT2D eigenvalue weighted by Crippen LogP contribution is -2.26. The fraction of sp³-hybridized carbons (Fsp3) is 0.692. The molecule has 1 aromatic rings. The molecule has 1 aliphatic heterocycles. The molecule has 16 heavy (non-hydrogen) atoms. The van der Waals surface area contributed by atoms with Crippen molar-refractivity contribution >= 4 is 0 Å². The Kier molecular flexibility index (Phi) is 2.16. The van der Waals surface area contributed by atoms with Crippen LogP contribution in [0.1, 0.15) is 50.2 Å². The molecule has 1 saturated carbocycles. The van der Waals surface area contributed by atoms with E-state index in [2.05, 4.69) is 23.8 Å². The van der Waals surface area contributed by atoms with Crippen LogP contribution in [0, 0.1) is 0 Å². The summed E-state index contributed by atoms with van der Waals surface area (Å²) < 4.78 is 6.06. The van der Waals surface area contributed by atoms with Gasteiger partial charge in [0.2, 0.25) is 5.88 Å². The molecule has 1 fully saturated rings. The summed E-state index contributed by atoms with van der Waals surface area (Å²) in [7, 11) is 0. The molecule has 0 radical (unpaired) electrons. The molecule has 0 N–H and O–H groups in total. The van der Waals surface area contributed by atoms with Gasteiger partial charge in [0, 0.05) is 12.0 Å². The summed E-state index contributed by atoms with van der Waals surface area (Å²) in [6.45, 7) is 4.25. The van der Waals surface area contributed by atoms with Gasteiger partial charge in [0.1, 0.15) is 11.4 Å². The zero-order valence-electron chi connectivity index (χ0n) is 10.0. The summed E-state index contributed by atoms with van der Waals surface area (Å²) >= 11 is 0. The fourth-order valence-electron chi connectivity index (χ4n) is 2.44. The molecule has 1 aliphatic carbocycles. The Morgan fingerprint density at radius 2 is 1.94 bits per heavy atom. The molecule has 0 bridgehead atoms. The highest BCUT2D eigenvalue weighted by Crippen LogP contribution is 2.48. The van der Waals surface area contributed by atoms with Crippen LogP contribution in [0.4, 0.5) is 0 Å². The first-order valence-electron chi connectivity index (χ1n) is 6.34. The topological polar surface area (TPSA) is 35.0 Å². The Labute approximate surface area is 96.3 Å². The summed E-state index contributed by atoms with van der Waals surface area (Å²) in [5, 5.41) is 0. The van der Waals surface area contributed by atoms with Gasteiger partial charge in [-0.05, 0) is 32.1 Å². The molecule has 3 heteroatoms. The summed E-state index contributed by atoms with van der Waals surface area (Å²) in [5.41, 5.74) is 2.62. The van der Waals surface area contributed by atoms with Crippen LogP contribution in [0.5, 0.6) is 5.88 Å². The molecule has 1 aromatic heterocycles. The van der Waals surface area contributed by atoms with Crippen LogP contribution in [0.2, 0.25) is 0 Å². The van der Waals surface area contributed by atoms with E-state index in [-0.39, 0.29) is 5.60 Å². The second-order valence-electron chi connectivity index (χ2n) is 4.86. The Morgan fingerprint density at radius 3 is 2.56 bits per heavy atom. The third kappa shape index (κ3) is 1.49. The van der Waals surface area contributed by atoms with Gasteiger partial charge in [0.15, 0.2) is 0 Å². The minimum atomic E-state index is 0.164. The van der Waals surface area contributed by atoms with Gasteiger partial charge in [0.25, 0.3) is 0 Å². The minimum Gasteiger partial charge on any atom is -0.471 e. The number of hydrogen-bond acceptors (Lipinski definition) is 3. The van der Waals surface area contributed by atoms with Crippen LogP contribution in [0.25, 0.3) is 0 Å². The lowest BCUT2D eigenvalue weighted by atomic mass is 10.0. The van der Waals surface area contributed by atoms with Crippen LogP contribution in [0.15, 0.2) is 0 Å². The van der Waals surface area contributed by atoms with E-state index in [4.69, 9.17) is 4.74 Å². The van der Waals surface area contributed by atoms with Crippen molar-refractivity contribution in [1.82, 2.24) is 9.97 Å². The van der Waals surface area contributed by atoms with Crippen LogP contribution in [-0.2, 0) is 19.3 Å². The maximum Gasteiger partial charge on any atom is 0.220 e. The second kappa shape index (κ2) is 3.44. The molecule has 1 spiro atoms. The third-order valence-corrected chi connectivity index (χ3v) is 3.70. The largest absolute Gasteiger partial charge is 0.471 e. The van der Waals surface area contributed by atoms with Crippen LogP contribution < -0.4 is 4.74 Å². The Hall–Kier alpha value is -1.12. The predicted molar refractivity (Wildman–Crippen MR) is 61.7 cm³/mol. The van der Waals surface area contributed by atoms with Gasteiger partial charge < -0.3 is 4.74 Å². The molecule has 2 heterocycles. The van der Waals surface area contributed by atoms with Crippen molar-refractivity contribution in [3.05, 3.63) is 17.1 Å². The van der Waals surface area contributed by atoms with Crippen LogP contribution in [-0.4, -0.2) is 15.6 Å². The molecule has 0 saturated heterocycles. The molecule has 86 valence electrons. The molecule has 3 rings (SSSR count). The first-order valence-corrected chi connectivity index (χ1v) is 6.34. The number of ether oxygens (including phenoxy) is 1. The second-order valence-corrected chi connectivity index (χ2v) is 4.86. The number of rotatable bonds is 2. The molecular weight excluding hydrogens is 200 g/mol. The number of hydrogen-bond donors (Lipinski definition) is 0. The standard InChI is InChI=1S/C13H18N2O/c1-3-10-9-5-6-13(7-8-13)16-12(9)15-11(4-2)14-10/h3-8H2,1-2H3. The Balaban J connectivity index is 2.03. The van der Waals surface area contributed by atoms with Crippen molar-refractivity contribution in [3.63, 3.8) is 0 Å². The van der Waals surface area contributed by atoms with Crippen molar-refractivity contribution in [1.29, 1.82) is 0 Å². The SMILES string of the molecule is CCc1nc(CC)c2c(n1)OC1(CC2)CC1. The highest BCUT2D eigenvalue weighted by atomic mass is 16.5. The summed E-state index contributed by atoms with van der Waals surface area (Å²) in [6, 6.07) is 0. The van der Waals surface area contributed by atoms with Crippen LogP contribution in [0.3, 0.4) is 0 Å². The van der Waals surface area contributed by atoms with Gasteiger partial charge in [-0.25, -0.2) is 4.98 Å². The lowest BCUT2D eigenvalue weighted by Gasteiger charge is -2.26. The van der Waals surface area contributed by atoms with E-state index >= 15 is 0 Å². The fourth-order valence-corrected chi connectivity index (χ4v) is 2.44. The maximum absolute atomic E-state index is 6.06. The molecule has 0 aromatic carbocycles. The van der Waals surface area contributed by atoms with E-state index in [1.807, 2.05) is 0 Å². The van der Waals surface area contributed by atoms with Crippen molar-refractivity contribution < 1.29 is 4.74 Å². The van der Waals surface area contributed by atoms with Crippen molar-refractivity contribution in [2.24, 2.45) is 0 Å². The summed E-state index contributed by atoms with van der Waals surface area (Å²) in [5.74, 6) is 1.81. The van der Waals surface area contributed by atoms with Crippen molar-refractivity contribution in [2.45, 2.75) is 58.0 Å². The van der Waals surface area contributed by atoms with E-state index in [1.165, 1.54) is 24.1 Å². The average molecular weight is 218 g/mol. The van der Waals surface area contributed by atoms with Gasteiger partial charge in [-0.15, -0.1) is 0 Å². The third-order valence-electron chi connectivity index (χ3n) is 3.70. The zero-order valence-corrected chi connectivity index (χ0v) is 10.0. The lowest BCUT2D eigenvalue weighted by molar-refractivity contribution is 0.141. The van der Waals surface area contributed by atoms with E-state index in [9.17, 15) is 0 Å². The van der Waals surface area contributed by atoms with E-state index in [1.54, 1.807) is 0 Å². The van der Waals surface area contributed by atoms with Gasteiger partial charge in [-0.1, -0.05) is 13.8 Å². The van der Waals surface area contributed by atoms with Crippen LogP contribution >= 0.6 is 0 Å². The minimum absolute atomic E-state index is 0.164. The van der Waals surface area contributed by atoms with Gasteiger partial charge in [-0.3, -0.25) is 0 Å². The monoisotopic (exact) mass is 218 g/mol. The molecule has 2 aliphatic rings. The summed E-state index contributed by atoms with van der Waals surface area (Å²) in [4.78, 5) is 9.14. The highest BCUT2D eigenvalue weighted by Gasteiger charge is 2.48. The molecule has 3 nitrogen and oxygen atoms in total. The average Bonchev–Trinajstić information content (AvgIpc) is 3.06. The number of fused-ring (bicyclic) bond motifs is 1. The Bertz CT molecular complexity index is 424. The Morgan fingerprint density at radius 1 is 1.12 bits per heavy atom. The first kappa shape index (κ1) is 10.1. The van der Waals surface area contributed by atoms with Crippen molar-refractivity contribution in [2.75, 3.05) is 0 Å².